The summed E-state index contributed by atoms with van der Waals surface area (Å²) in [4.78, 5) is 13.9. The lowest BCUT2D eigenvalue weighted by Gasteiger charge is -2.35. The summed E-state index contributed by atoms with van der Waals surface area (Å²) in [6.45, 7) is 27.3. The van der Waals surface area contributed by atoms with Crippen LogP contribution in [0.25, 0.3) is 0 Å². The monoisotopic (exact) mass is 582 g/mol. The van der Waals surface area contributed by atoms with Gasteiger partial charge in [0.05, 0.1) is 18.9 Å². The lowest BCUT2D eigenvalue weighted by Crippen LogP contribution is -2.40. The van der Waals surface area contributed by atoms with Crippen LogP contribution in [0.2, 0.25) is 0 Å². The summed E-state index contributed by atoms with van der Waals surface area (Å²) >= 11 is 0. The van der Waals surface area contributed by atoms with Crippen molar-refractivity contribution in [1.82, 2.24) is 10.2 Å². The molecule has 8 heteroatoms. The summed E-state index contributed by atoms with van der Waals surface area (Å²) in [5.41, 5.74) is 1.07. The second kappa shape index (κ2) is 22.6. The van der Waals surface area contributed by atoms with Gasteiger partial charge in [-0.15, -0.1) is 0 Å². The maximum Gasteiger partial charge on any atom is 0.407 e. The molecule has 1 amide bonds. The van der Waals surface area contributed by atoms with E-state index in [0.717, 1.165) is 37.2 Å². The van der Waals surface area contributed by atoms with Crippen molar-refractivity contribution in [3.05, 3.63) is 65.6 Å². The van der Waals surface area contributed by atoms with Gasteiger partial charge in [0.15, 0.2) is 23.2 Å². The third-order valence-electron chi connectivity index (χ3n) is 5.43. The highest BCUT2D eigenvalue weighted by Gasteiger charge is 2.24. The van der Waals surface area contributed by atoms with E-state index in [1.54, 1.807) is 6.07 Å². The number of amides is 1. The lowest BCUT2D eigenvalue weighted by atomic mass is 9.96. The minimum absolute atomic E-state index is 0.205. The lowest BCUT2D eigenvalue weighted by molar-refractivity contribution is 0.0512. The van der Waals surface area contributed by atoms with Crippen LogP contribution in [-0.2, 0) is 9.47 Å². The molecule has 1 N–H and O–H groups in total. The molecule has 0 radical (unpaired) electrons. The average Bonchev–Trinajstić information content (AvgIpc) is 2.93. The number of likely N-dealkylation sites (tertiary alicyclic amines) is 1. The van der Waals surface area contributed by atoms with E-state index in [2.05, 4.69) is 16.8 Å². The van der Waals surface area contributed by atoms with Gasteiger partial charge in [0, 0.05) is 19.6 Å². The summed E-state index contributed by atoms with van der Waals surface area (Å²) in [5, 5.41) is 2.83. The zero-order valence-corrected chi connectivity index (χ0v) is 27.5. The van der Waals surface area contributed by atoms with Crippen LogP contribution in [0, 0.1) is 18.7 Å². The largest absolute Gasteiger partial charge is 0.491 e. The molecule has 236 valence electrons. The van der Waals surface area contributed by atoms with Crippen molar-refractivity contribution in [2.45, 2.75) is 94.6 Å². The Labute approximate surface area is 248 Å². The molecule has 0 spiro atoms. The molecule has 0 aliphatic carbocycles. The van der Waals surface area contributed by atoms with Gasteiger partial charge in [-0.3, -0.25) is 0 Å². The minimum atomic E-state index is -0.561. The zero-order chi connectivity index (χ0) is 32.0. The predicted molar refractivity (Wildman–Crippen MR) is 167 cm³/mol. The molecule has 0 unspecified atom stereocenters. The standard InChI is InChI=1S/C20H33FN2O3.C9H11FO.2C2H6/c1-7-9-17(18(15(3)21)25-8-2)23-12-10-16(11-13-23)14-22-19(24)26-20(4,5)6;1-3-11-9-7(2)5-4-6-8(9)10;2*1-2/h7,9,16H,3,8,10-14H2,1-2,4-6H3,(H,22,24);4-6H,3H2,1-2H3;2*1-2H3/b9-7-,18-17-;;;. The molecule has 1 aromatic rings. The summed E-state index contributed by atoms with van der Waals surface area (Å²) in [6.07, 6.45) is 5.13. The highest BCUT2D eigenvalue weighted by atomic mass is 19.1. The second-order valence-electron chi connectivity index (χ2n) is 9.68. The number of piperidine rings is 1. The van der Waals surface area contributed by atoms with E-state index < -0.39 is 11.4 Å². The van der Waals surface area contributed by atoms with Crippen molar-refractivity contribution < 1.29 is 27.8 Å². The Morgan fingerprint density at radius 1 is 1.12 bits per heavy atom. The van der Waals surface area contributed by atoms with Gasteiger partial charge in [0.2, 0.25) is 0 Å². The molecule has 1 saturated heterocycles. The van der Waals surface area contributed by atoms with E-state index in [0.29, 0.717) is 31.4 Å². The number of nitrogens with zero attached hydrogens (tertiary/aromatic N) is 1. The van der Waals surface area contributed by atoms with E-state index in [4.69, 9.17) is 14.2 Å². The van der Waals surface area contributed by atoms with Crippen molar-refractivity contribution in [2.24, 2.45) is 5.92 Å². The van der Waals surface area contributed by atoms with Gasteiger partial charge in [-0.1, -0.05) is 52.5 Å². The second-order valence-corrected chi connectivity index (χ2v) is 9.68. The van der Waals surface area contributed by atoms with Crippen LogP contribution >= 0.6 is 0 Å². The fourth-order valence-corrected chi connectivity index (χ4v) is 3.78. The van der Waals surface area contributed by atoms with Gasteiger partial charge in [0.1, 0.15) is 5.60 Å². The van der Waals surface area contributed by atoms with Crippen LogP contribution in [-0.4, -0.2) is 49.4 Å². The Bertz CT molecular complexity index is 911. The molecule has 1 aromatic carbocycles. The first-order valence-corrected chi connectivity index (χ1v) is 14.9. The van der Waals surface area contributed by atoms with E-state index in [1.165, 1.54) is 6.07 Å². The molecular formula is C33H56F2N2O4. The molecule has 1 aliphatic heterocycles. The van der Waals surface area contributed by atoms with Crippen LogP contribution in [0.5, 0.6) is 5.75 Å². The molecular weight excluding hydrogens is 526 g/mol. The number of para-hydroxylation sites is 1. The fraction of sp³-hybridized carbons (Fsp3) is 0.606. The maximum atomic E-state index is 13.8. The number of carbonyl (C=O) groups is 1. The normalized spacial score (nSPS) is 13.7. The molecule has 2 rings (SSSR count). The number of allylic oxidation sites excluding steroid dienone is 3. The Morgan fingerprint density at radius 2 is 1.71 bits per heavy atom. The first-order valence-electron chi connectivity index (χ1n) is 14.9. The summed E-state index contributed by atoms with van der Waals surface area (Å²) in [6, 6.07) is 4.90. The fourth-order valence-electron chi connectivity index (χ4n) is 3.78. The van der Waals surface area contributed by atoms with Crippen molar-refractivity contribution in [1.29, 1.82) is 0 Å². The van der Waals surface area contributed by atoms with Crippen LogP contribution in [0.1, 0.15) is 87.6 Å². The molecule has 1 fully saturated rings. The Hall–Kier alpha value is -3.03. The van der Waals surface area contributed by atoms with Crippen molar-refractivity contribution >= 4 is 6.09 Å². The predicted octanol–water partition coefficient (Wildman–Crippen LogP) is 9.12. The van der Waals surface area contributed by atoms with E-state index >= 15 is 0 Å². The number of benzene rings is 1. The summed E-state index contributed by atoms with van der Waals surface area (Å²) < 4.78 is 42.5. The average molecular weight is 583 g/mol. The van der Waals surface area contributed by atoms with Gasteiger partial charge in [-0.25, -0.2) is 13.6 Å². The zero-order valence-electron chi connectivity index (χ0n) is 27.5. The van der Waals surface area contributed by atoms with Crippen molar-refractivity contribution in [3.63, 3.8) is 0 Å². The summed E-state index contributed by atoms with van der Waals surface area (Å²) in [5.74, 6) is 0.0983. The first-order chi connectivity index (χ1) is 19.4. The van der Waals surface area contributed by atoms with Crippen molar-refractivity contribution in [3.8, 4) is 5.75 Å². The van der Waals surface area contributed by atoms with E-state index in [1.807, 2.05) is 94.4 Å². The molecule has 0 atom stereocenters. The quantitative estimate of drug-likeness (QED) is 0.232. The van der Waals surface area contributed by atoms with Crippen LogP contribution < -0.4 is 10.1 Å². The number of hydrogen-bond donors (Lipinski definition) is 1. The van der Waals surface area contributed by atoms with E-state index in [-0.39, 0.29) is 17.7 Å². The van der Waals surface area contributed by atoms with Gasteiger partial charge >= 0.3 is 6.09 Å². The van der Waals surface area contributed by atoms with Gasteiger partial charge in [-0.05, 0) is 84.9 Å². The van der Waals surface area contributed by atoms with E-state index in [9.17, 15) is 13.6 Å². The van der Waals surface area contributed by atoms with Gasteiger partial charge < -0.3 is 24.4 Å². The highest BCUT2D eigenvalue weighted by molar-refractivity contribution is 5.67. The molecule has 1 aliphatic rings. The number of hydrogen-bond acceptors (Lipinski definition) is 5. The molecule has 0 saturated carbocycles. The minimum Gasteiger partial charge on any atom is -0.491 e. The molecule has 1 heterocycles. The number of rotatable bonds is 9. The molecule has 0 aromatic heterocycles. The van der Waals surface area contributed by atoms with Gasteiger partial charge in [-0.2, -0.15) is 0 Å². The molecule has 41 heavy (non-hydrogen) atoms. The number of nitrogens with one attached hydrogen (secondary N) is 1. The smallest absolute Gasteiger partial charge is 0.407 e. The third kappa shape index (κ3) is 16.7. The van der Waals surface area contributed by atoms with Crippen molar-refractivity contribution in [2.75, 3.05) is 32.8 Å². The number of carbonyl (C=O) groups excluding carboxylic acids is 1. The number of ether oxygens (including phenoxy) is 3. The first kappa shape index (κ1) is 40.1. The number of aryl methyl sites for hydroxylation is 1. The number of halogens is 2. The summed E-state index contributed by atoms with van der Waals surface area (Å²) in [7, 11) is 0. The van der Waals surface area contributed by atoms with Gasteiger partial charge in [0.25, 0.3) is 0 Å². The van der Waals surface area contributed by atoms with Crippen LogP contribution in [0.3, 0.4) is 0 Å². The Morgan fingerprint density at radius 3 is 2.15 bits per heavy atom. The Kier molecular flexibility index (Phi) is 22.1. The molecule has 0 bridgehead atoms. The SMILES string of the molecule is C=C(F)/C(OCC)=C(\C=C/C)N1CCC(CNC(=O)OC(C)(C)C)CC1.CC.CC.CCOc1c(C)cccc1F. The highest BCUT2D eigenvalue weighted by Crippen LogP contribution is 2.26. The van der Waals surface area contributed by atoms with Crippen LogP contribution in [0.4, 0.5) is 13.6 Å². The topological polar surface area (TPSA) is 60.0 Å². The van der Waals surface area contributed by atoms with Crippen LogP contribution in [0.15, 0.2) is 54.2 Å². The number of alkyl carbamates (subject to hydrolysis) is 1. The maximum absolute atomic E-state index is 13.8. The third-order valence-corrected chi connectivity index (χ3v) is 5.43. The molecule has 6 nitrogen and oxygen atoms in total. The Balaban J connectivity index is 0.